The van der Waals surface area contributed by atoms with Crippen LogP contribution in [0.1, 0.15) is 56.2 Å². The molecule has 2 aromatic rings. The second-order valence-electron chi connectivity index (χ2n) is 6.30. The van der Waals surface area contributed by atoms with Crippen molar-refractivity contribution in [2.24, 2.45) is 0 Å². The van der Waals surface area contributed by atoms with Crippen LogP contribution < -0.4 is 0 Å². The Morgan fingerprint density at radius 1 is 0.960 bits per heavy atom. The third kappa shape index (κ3) is 2.43. The molecule has 5 heteroatoms. The highest BCUT2D eigenvalue weighted by molar-refractivity contribution is 6.28. The first kappa shape index (κ1) is 16.9. The van der Waals surface area contributed by atoms with Crippen molar-refractivity contribution in [2.75, 3.05) is 7.11 Å². The van der Waals surface area contributed by atoms with E-state index in [9.17, 15) is 14.4 Å². The largest absolute Gasteiger partial charge is 0.465 e. The molecule has 1 aliphatic carbocycles. The number of Topliss-reactive ketones (excluding diaryl/α,β-unsaturated/α-hetero) is 2. The fourth-order valence-electron chi connectivity index (χ4n) is 3.01. The van der Waals surface area contributed by atoms with E-state index in [1.54, 1.807) is 18.4 Å². The average Bonchev–Trinajstić information content (AvgIpc) is 3.00. The maximum Gasteiger partial charge on any atom is 0.340 e. The lowest BCUT2D eigenvalue weighted by atomic mass is 9.88. The number of rotatable bonds is 2. The zero-order valence-electron chi connectivity index (χ0n) is 14.9. The minimum absolute atomic E-state index is 0.112. The third-order valence-corrected chi connectivity index (χ3v) is 4.87. The number of benzene rings is 1. The van der Waals surface area contributed by atoms with Crippen molar-refractivity contribution in [3.05, 3.63) is 63.5 Å². The number of carbonyl (C=O) groups excluding carboxylic acids is 3. The quantitative estimate of drug-likeness (QED) is 0.786. The molecule has 1 aliphatic rings. The van der Waals surface area contributed by atoms with Gasteiger partial charge in [0.05, 0.1) is 18.2 Å². The van der Waals surface area contributed by atoms with Crippen LogP contribution in [0.15, 0.2) is 35.5 Å². The van der Waals surface area contributed by atoms with Crippen molar-refractivity contribution < 1.29 is 19.1 Å². The molecule has 0 amide bonds. The molecule has 1 aromatic carbocycles. The van der Waals surface area contributed by atoms with E-state index in [0.717, 1.165) is 16.8 Å². The molecular formula is C20H19NO4. The zero-order valence-corrected chi connectivity index (χ0v) is 14.9. The van der Waals surface area contributed by atoms with Gasteiger partial charge in [-0.3, -0.25) is 9.59 Å². The molecule has 3 rings (SSSR count). The van der Waals surface area contributed by atoms with E-state index in [4.69, 9.17) is 4.74 Å². The minimum atomic E-state index is -0.632. The minimum Gasteiger partial charge on any atom is -0.465 e. The number of ketones is 2. The molecule has 0 aliphatic heterocycles. The van der Waals surface area contributed by atoms with E-state index in [1.807, 2.05) is 32.0 Å². The highest BCUT2D eigenvalue weighted by atomic mass is 16.5. The van der Waals surface area contributed by atoms with Crippen LogP contribution in [0.2, 0.25) is 0 Å². The Bertz CT molecular complexity index is 976. The lowest BCUT2D eigenvalue weighted by Crippen LogP contribution is -2.22. The number of aryl methyl sites for hydroxylation is 2. The van der Waals surface area contributed by atoms with Gasteiger partial charge in [0.15, 0.2) is 5.78 Å². The second-order valence-corrected chi connectivity index (χ2v) is 6.30. The zero-order chi connectivity index (χ0) is 18.5. The van der Waals surface area contributed by atoms with Gasteiger partial charge < -0.3 is 9.30 Å². The third-order valence-electron chi connectivity index (χ3n) is 4.87. The molecule has 0 unspecified atom stereocenters. The first-order valence-electron chi connectivity index (χ1n) is 7.96. The molecule has 25 heavy (non-hydrogen) atoms. The second kappa shape index (κ2) is 5.84. The van der Waals surface area contributed by atoms with Gasteiger partial charge in [-0.15, -0.1) is 0 Å². The maximum atomic E-state index is 12.9. The monoisotopic (exact) mass is 337 g/mol. The predicted octanol–water partition coefficient (Wildman–Crippen LogP) is 3.60. The van der Waals surface area contributed by atoms with Crippen LogP contribution in [0.5, 0.6) is 0 Å². The summed E-state index contributed by atoms with van der Waals surface area (Å²) in [7, 11) is 1.26. The Kier molecular flexibility index (Phi) is 3.95. The van der Waals surface area contributed by atoms with Gasteiger partial charge in [0.25, 0.3) is 0 Å². The standard InChI is InChI=1S/C20H19NO4/c1-10-6-7-14(8-11(10)2)21-9-15(20(24)25-5)16-17(21)19(23)13(4)12(3)18(16)22/h6-9H,1-5H3. The Hall–Kier alpha value is -2.95. The molecule has 0 radical (unpaired) electrons. The highest BCUT2D eigenvalue weighted by Crippen LogP contribution is 2.32. The Labute approximate surface area is 145 Å². The molecule has 0 saturated heterocycles. The number of ether oxygens (including phenoxy) is 1. The normalized spacial score (nSPS) is 14.0. The molecule has 128 valence electrons. The van der Waals surface area contributed by atoms with Crippen molar-refractivity contribution >= 4 is 17.5 Å². The summed E-state index contributed by atoms with van der Waals surface area (Å²) in [5.41, 5.74) is 4.11. The van der Waals surface area contributed by atoms with Gasteiger partial charge in [0, 0.05) is 23.0 Å². The van der Waals surface area contributed by atoms with Gasteiger partial charge in [0.2, 0.25) is 5.78 Å². The fraction of sp³-hybridized carbons (Fsp3) is 0.250. The van der Waals surface area contributed by atoms with E-state index >= 15 is 0 Å². The van der Waals surface area contributed by atoms with Crippen LogP contribution in [0.25, 0.3) is 5.69 Å². The van der Waals surface area contributed by atoms with E-state index in [0.29, 0.717) is 11.1 Å². The number of hydrogen-bond donors (Lipinski definition) is 0. The molecule has 0 saturated carbocycles. The summed E-state index contributed by atoms with van der Waals surface area (Å²) in [6, 6.07) is 5.73. The number of carbonyl (C=O) groups is 3. The van der Waals surface area contributed by atoms with Crippen LogP contribution in [-0.2, 0) is 4.74 Å². The molecule has 0 atom stereocenters. The summed E-state index contributed by atoms with van der Waals surface area (Å²) >= 11 is 0. The van der Waals surface area contributed by atoms with Crippen molar-refractivity contribution in [3.8, 4) is 5.69 Å². The van der Waals surface area contributed by atoms with Gasteiger partial charge in [-0.1, -0.05) is 6.07 Å². The van der Waals surface area contributed by atoms with E-state index in [2.05, 4.69) is 0 Å². The Balaban J connectivity index is 2.35. The van der Waals surface area contributed by atoms with Crippen LogP contribution in [0, 0.1) is 13.8 Å². The Morgan fingerprint density at radius 3 is 2.20 bits per heavy atom. The highest BCUT2D eigenvalue weighted by Gasteiger charge is 2.36. The van der Waals surface area contributed by atoms with Crippen molar-refractivity contribution in [1.82, 2.24) is 4.57 Å². The van der Waals surface area contributed by atoms with Crippen LogP contribution in [0.3, 0.4) is 0 Å². The molecule has 1 aromatic heterocycles. The Morgan fingerprint density at radius 2 is 1.60 bits per heavy atom. The number of hydrogen-bond acceptors (Lipinski definition) is 4. The summed E-state index contributed by atoms with van der Waals surface area (Å²) in [6.45, 7) is 7.20. The first-order chi connectivity index (χ1) is 11.8. The van der Waals surface area contributed by atoms with E-state index < -0.39 is 5.97 Å². The summed E-state index contributed by atoms with van der Waals surface area (Å²) < 4.78 is 6.42. The number of aromatic nitrogens is 1. The lowest BCUT2D eigenvalue weighted by Gasteiger charge is -2.17. The molecule has 0 bridgehead atoms. The summed E-state index contributed by atoms with van der Waals surface area (Å²) in [5, 5.41) is 0. The van der Waals surface area contributed by atoms with Gasteiger partial charge in [-0.2, -0.15) is 0 Å². The molecule has 1 heterocycles. The summed E-state index contributed by atoms with van der Waals surface area (Å²) in [6.07, 6.45) is 1.52. The van der Waals surface area contributed by atoms with E-state index in [1.165, 1.54) is 13.3 Å². The van der Waals surface area contributed by atoms with Crippen molar-refractivity contribution in [1.29, 1.82) is 0 Å². The van der Waals surface area contributed by atoms with Crippen LogP contribution in [0.4, 0.5) is 0 Å². The number of nitrogens with zero attached hydrogens (tertiary/aromatic N) is 1. The molecule has 0 fully saturated rings. The lowest BCUT2D eigenvalue weighted by molar-refractivity contribution is 0.0597. The van der Waals surface area contributed by atoms with Crippen LogP contribution in [-0.4, -0.2) is 29.2 Å². The fourth-order valence-corrected chi connectivity index (χ4v) is 3.01. The van der Waals surface area contributed by atoms with Crippen LogP contribution >= 0.6 is 0 Å². The average molecular weight is 337 g/mol. The number of fused-ring (bicyclic) bond motifs is 1. The number of methoxy groups -OCH3 is 1. The van der Waals surface area contributed by atoms with Crippen molar-refractivity contribution in [2.45, 2.75) is 27.7 Å². The van der Waals surface area contributed by atoms with Gasteiger partial charge in [-0.05, 0) is 51.0 Å². The van der Waals surface area contributed by atoms with E-state index in [-0.39, 0.29) is 28.4 Å². The first-order valence-corrected chi connectivity index (χ1v) is 7.96. The van der Waals surface area contributed by atoms with Crippen molar-refractivity contribution in [3.63, 3.8) is 0 Å². The van der Waals surface area contributed by atoms with Gasteiger partial charge >= 0.3 is 5.97 Å². The predicted molar refractivity (Wildman–Crippen MR) is 93.6 cm³/mol. The topological polar surface area (TPSA) is 65.4 Å². The molecule has 0 spiro atoms. The van der Waals surface area contributed by atoms with Gasteiger partial charge in [0.1, 0.15) is 5.69 Å². The maximum absolute atomic E-state index is 12.9. The van der Waals surface area contributed by atoms with Gasteiger partial charge in [-0.25, -0.2) is 4.79 Å². The molecule has 5 nitrogen and oxygen atoms in total. The number of esters is 1. The SMILES string of the molecule is COC(=O)c1cn(-c2ccc(C)c(C)c2)c2c1C(=O)C(C)=C(C)C2=O. The number of allylic oxidation sites excluding steroid dienone is 2. The molecular weight excluding hydrogens is 318 g/mol. The summed E-state index contributed by atoms with van der Waals surface area (Å²) in [5.74, 6) is -1.19. The summed E-state index contributed by atoms with van der Waals surface area (Å²) in [4.78, 5) is 37.8. The molecule has 0 N–H and O–H groups in total. The smallest absolute Gasteiger partial charge is 0.340 e.